The third kappa shape index (κ3) is 2.79. The van der Waals surface area contributed by atoms with Gasteiger partial charge in [-0.05, 0) is 19.1 Å². The van der Waals surface area contributed by atoms with Gasteiger partial charge in [0.15, 0.2) is 0 Å². The summed E-state index contributed by atoms with van der Waals surface area (Å²) in [7, 11) is 0. The van der Waals surface area contributed by atoms with E-state index in [1.54, 1.807) is 18.2 Å². The third-order valence-corrected chi connectivity index (χ3v) is 1.87. The van der Waals surface area contributed by atoms with Crippen LogP contribution in [-0.2, 0) is 0 Å². The fourth-order valence-electron chi connectivity index (χ4n) is 0.942. The molecular formula is C11H10ClNO. The molecule has 0 aliphatic carbocycles. The van der Waals surface area contributed by atoms with Crippen LogP contribution >= 0.6 is 11.6 Å². The minimum absolute atomic E-state index is 0.450. The van der Waals surface area contributed by atoms with Crippen molar-refractivity contribution in [2.75, 3.05) is 6.61 Å². The Kier molecular flexibility index (Phi) is 4.03. The van der Waals surface area contributed by atoms with E-state index in [-0.39, 0.29) is 0 Å². The van der Waals surface area contributed by atoms with E-state index < -0.39 is 0 Å². The number of halogens is 1. The zero-order valence-electron chi connectivity index (χ0n) is 7.83. The van der Waals surface area contributed by atoms with Crippen LogP contribution < -0.4 is 4.74 Å². The van der Waals surface area contributed by atoms with Gasteiger partial charge in [-0.1, -0.05) is 23.8 Å². The Morgan fingerprint density at radius 3 is 3.00 bits per heavy atom. The highest BCUT2D eigenvalue weighted by molar-refractivity contribution is 6.30. The zero-order chi connectivity index (χ0) is 10.4. The molecule has 0 unspecified atom stereocenters. The maximum atomic E-state index is 8.77. The molecule has 0 atom stereocenters. The van der Waals surface area contributed by atoms with Crippen molar-refractivity contribution in [3.63, 3.8) is 0 Å². The van der Waals surface area contributed by atoms with Crippen molar-refractivity contribution >= 4 is 11.6 Å². The fraction of sp³-hybridized carbons (Fsp3) is 0.182. The van der Waals surface area contributed by atoms with Gasteiger partial charge in [0.2, 0.25) is 0 Å². The van der Waals surface area contributed by atoms with Crippen molar-refractivity contribution in [3.05, 3.63) is 40.9 Å². The lowest BCUT2D eigenvalue weighted by Gasteiger charge is -2.05. The van der Waals surface area contributed by atoms with E-state index in [0.717, 1.165) is 0 Å². The van der Waals surface area contributed by atoms with E-state index in [2.05, 4.69) is 0 Å². The van der Waals surface area contributed by atoms with Gasteiger partial charge in [-0.15, -0.1) is 0 Å². The predicted octanol–water partition coefficient (Wildman–Crippen LogP) is 3.17. The fourth-order valence-corrected chi connectivity index (χ4v) is 1.10. The molecule has 0 aliphatic rings. The largest absolute Gasteiger partial charge is 0.488 e. The Morgan fingerprint density at radius 2 is 2.36 bits per heavy atom. The Labute approximate surface area is 88.4 Å². The van der Waals surface area contributed by atoms with E-state index in [9.17, 15) is 0 Å². The summed E-state index contributed by atoms with van der Waals surface area (Å²) in [5.74, 6) is 0.526. The number of benzene rings is 1. The van der Waals surface area contributed by atoms with Gasteiger partial charge in [0, 0.05) is 11.1 Å². The summed E-state index contributed by atoms with van der Waals surface area (Å²) >= 11 is 5.78. The van der Waals surface area contributed by atoms with Crippen molar-refractivity contribution in [1.82, 2.24) is 0 Å². The maximum Gasteiger partial charge on any atom is 0.139 e. The summed E-state index contributed by atoms with van der Waals surface area (Å²) in [5.41, 5.74) is 0.499. The Morgan fingerprint density at radius 1 is 1.57 bits per heavy atom. The monoisotopic (exact) mass is 207 g/mol. The van der Waals surface area contributed by atoms with Crippen LogP contribution in [0.3, 0.4) is 0 Å². The standard InChI is InChI=1S/C11H10ClNO/c1-2-3-6-14-11-7-10(12)5-4-9(11)8-13/h2-5,7H,6H2,1H3. The van der Waals surface area contributed by atoms with Crippen molar-refractivity contribution in [2.45, 2.75) is 6.92 Å². The average Bonchev–Trinajstić information content (AvgIpc) is 2.19. The molecule has 0 heterocycles. The molecule has 1 aromatic rings. The van der Waals surface area contributed by atoms with Gasteiger partial charge in [0.1, 0.15) is 18.4 Å². The molecule has 0 amide bonds. The first-order valence-electron chi connectivity index (χ1n) is 4.21. The smallest absolute Gasteiger partial charge is 0.139 e. The Balaban J connectivity index is 2.83. The van der Waals surface area contributed by atoms with Gasteiger partial charge in [0.25, 0.3) is 0 Å². The molecule has 0 aliphatic heterocycles. The Bertz CT molecular complexity index is 379. The minimum atomic E-state index is 0.450. The molecule has 0 radical (unpaired) electrons. The lowest BCUT2D eigenvalue weighted by atomic mass is 10.2. The van der Waals surface area contributed by atoms with Crippen LogP contribution in [0.5, 0.6) is 5.75 Å². The highest BCUT2D eigenvalue weighted by Crippen LogP contribution is 2.22. The lowest BCUT2D eigenvalue weighted by molar-refractivity contribution is 0.361. The number of ether oxygens (including phenoxy) is 1. The van der Waals surface area contributed by atoms with E-state index in [1.165, 1.54) is 0 Å². The van der Waals surface area contributed by atoms with Crippen LogP contribution in [0.4, 0.5) is 0 Å². The van der Waals surface area contributed by atoms with Crippen LogP contribution in [-0.4, -0.2) is 6.61 Å². The summed E-state index contributed by atoms with van der Waals surface area (Å²) in [5, 5.41) is 9.34. The first-order valence-corrected chi connectivity index (χ1v) is 4.59. The highest BCUT2D eigenvalue weighted by Gasteiger charge is 2.02. The van der Waals surface area contributed by atoms with Crippen molar-refractivity contribution in [1.29, 1.82) is 5.26 Å². The van der Waals surface area contributed by atoms with Crippen LogP contribution in [0.15, 0.2) is 30.4 Å². The van der Waals surface area contributed by atoms with Crippen molar-refractivity contribution < 1.29 is 4.74 Å². The predicted molar refractivity (Wildman–Crippen MR) is 56.5 cm³/mol. The summed E-state index contributed by atoms with van der Waals surface area (Å²) in [4.78, 5) is 0. The molecule has 0 fully saturated rings. The number of allylic oxidation sites excluding steroid dienone is 1. The maximum absolute atomic E-state index is 8.77. The van der Waals surface area contributed by atoms with Crippen LogP contribution in [0.2, 0.25) is 5.02 Å². The van der Waals surface area contributed by atoms with Crippen LogP contribution in [0.1, 0.15) is 12.5 Å². The summed E-state index contributed by atoms with van der Waals surface area (Å²) in [6, 6.07) is 7.00. The topological polar surface area (TPSA) is 33.0 Å². The van der Waals surface area contributed by atoms with Gasteiger partial charge < -0.3 is 4.74 Å². The number of hydrogen-bond donors (Lipinski definition) is 0. The molecule has 0 N–H and O–H groups in total. The van der Waals surface area contributed by atoms with Crippen molar-refractivity contribution in [2.24, 2.45) is 0 Å². The van der Waals surface area contributed by atoms with Gasteiger partial charge in [-0.3, -0.25) is 0 Å². The molecule has 0 saturated heterocycles. The second-order valence-electron chi connectivity index (χ2n) is 2.63. The molecule has 14 heavy (non-hydrogen) atoms. The Hall–Kier alpha value is -1.46. The molecule has 72 valence electrons. The van der Waals surface area contributed by atoms with Gasteiger partial charge in [-0.2, -0.15) is 5.26 Å². The molecule has 0 bridgehead atoms. The minimum Gasteiger partial charge on any atom is -0.488 e. The van der Waals surface area contributed by atoms with Crippen molar-refractivity contribution in [3.8, 4) is 11.8 Å². The zero-order valence-corrected chi connectivity index (χ0v) is 8.58. The van der Waals surface area contributed by atoms with Gasteiger partial charge in [0.05, 0.1) is 5.56 Å². The molecule has 2 nitrogen and oxygen atoms in total. The number of hydrogen-bond acceptors (Lipinski definition) is 2. The van der Waals surface area contributed by atoms with E-state index in [4.69, 9.17) is 21.6 Å². The first kappa shape index (κ1) is 10.6. The molecule has 0 saturated carbocycles. The van der Waals surface area contributed by atoms with E-state index in [1.807, 2.05) is 25.1 Å². The average molecular weight is 208 g/mol. The SMILES string of the molecule is CC=CCOc1cc(Cl)ccc1C#N. The van der Waals surface area contributed by atoms with E-state index >= 15 is 0 Å². The second kappa shape index (κ2) is 5.31. The number of nitrogens with zero attached hydrogens (tertiary/aromatic N) is 1. The summed E-state index contributed by atoms with van der Waals surface area (Å²) < 4.78 is 5.36. The second-order valence-corrected chi connectivity index (χ2v) is 3.07. The van der Waals surface area contributed by atoms with Crippen LogP contribution in [0, 0.1) is 11.3 Å². The van der Waals surface area contributed by atoms with Gasteiger partial charge in [-0.25, -0.2) is 0 Å². The van der Waals surface area contributed by atoms with Crippen LogP contribution in [0.25, 0.3) is 0 Å². The normalized spacial score (nSPS) is 10.1. The molecule has 1 rings (SSSR count). The quantitative estimate of drug-likeness (QED) is 0.714. The summed E-state index contributed by atoms with van der Waals surface area (Å²) in [6.07, 6.45) is 3.75. The van der Waals surface area contributed by atoms with Gasteiger partial charge >= 0.3 is 0 Å². The summed E-state index contributed by atoms with van der Waals surface area (Å²) in [6.45, 7) is 2.36. The molecule has 1 aromatic carbocycles. The number of rotatable bonds is 3. The molecular weight excluding hydrogens is 198 g/mol. The first-order chi connectivity index (χ1) is 6.77. The third-order valence-electron chi connectivity index (χ3n) is 1.63. The van der Waals surface area contributed by atoms with E-state index in [0.29, 0.717) is 22.9 Å². The number of nitriles is 1. The lowest BCUT2D eigenvalue weighted by Crippen LogP contribution is -1.95. The molecule has 3 heteroatoms. The molecule has 0 spiro atoms. The molecule has 0 aromatic heterocycles. The highest BCUT2D eigenvalue weighted by atomic mass is 35.5.